The molecule has 4 heteroatoms. The Morgan fingerprint density at radius 2 is 1.67 bits per heavy atom. The highest BCUT2D eigenvalue weighted by atomic mass is 19.4. The maximum Gasteiger partial charge on any atom is 0.416 e. The minimum Gasteiger partial charge on any atom is -0.256 e. The van der Waals surface area contributed by atoms with Crippen LogP contribution in [0.25, 0.3) is 11.3 Å². The predicted molar refractivity (Wildman–Crippen MR) is 64.1 cm³/mol. The van der Waals surface area contributed by atoms with Gasteiger partial charge in [-0.2, -0.15) is 13.2 Å². The lowest BCUT2D eigenvalue weighted by molar-refractivity contribution is -0.137. The van der Waals surface area contributed by atoms with Gasteiger partial charge in [-0.25, -0.2) is 0 Å². The molecule has 18 heavy (non-hydrogen) atoms. The number of halogens is 3. The van der Waals surface area contributed by atoms with Gasteiger partial charge in [-0.1, -0.05) is 0 Å². The van der Waals surface area contributed by atoms with Gasteiger partial charge in [-0.15, -0.1) is 0 Å². The van der Waals surface area contributed by atoms with E-state index < -0.39 is 11.7 Å². The van der Waals surface area contributed by atoms with E-state index >= 15 is 0 Å². The van der Waals surface area contributed by atoms with Crippen molar-refractivity contribution in [1.29, 1.82) is 0 Å². The Labute approximate surface area is 103 Å². The zero-order valence-electron chi connectivity index (χ0n) is 10.0. The minimum absolute atomic E-state index is 0.492. The lowest BCUT2D eigenvalue weighted by atomic mass is 10.0. The molecule has 0 aliphatic heterocycles. The standard InChI is InChI=1S/C14H12F3N/c1-9-3-4-18-13(7-9)11-5-10(2)6-12(8-11)14(15,16)17/h3-8H,1-2H3. The van der Waals surface area contributed by atoms with Crippen molar-refractivity contribution in [2.24, 2.45) is 0 Å². The van der Waals surface area contributed by atoms with Crippen molar-refractivity contribution in [2.75, 3.05) is 0 Å². The number of hydrogen-bond donors (Lipinski definition) is 0. The highest BCUT2D eigenvalue weighted by Gasteiger charge is 2.31. The largest absolute Gasteiger partial charge is 0.416 e. The van der Waals surface area contributed by atoms with Crippen LogP contribution in [0.1, 0.15) is 16.7 Å². The molecule has 0 spiro atoms. The van der Waals surface area contributed by atoms with Crippen molar-refractivity contribution in [2.45, 2.75) is 20.0 Å². The van der Waals surface area contributed by atoms with Gasteiger partial charge in [0, 0.05) is 11.8 Å². The maximum atomic E-state index is 12.7. The molecule has 0 fully saturated rings. The molecule has 0 saturated heterocycles. The van der Waals surface area contributed by atoms with E-state index in [0.717, 1.165) is 17.7 Å². The molecule has 0 bridgehead atoms. The normalized spacial score (nSPS) is 11.6. The molecule has 1 aromatic carbocycles. The second-order valence-corrected chi connectivity index (χ2v) is 4.30. The Hall–Kier alpha value is -1.84. The summed E-state index contributed by atoms with van der Waals surface area (Å²) in [4.78, 5) is 4.11. The molecule has 94 valence electrons. The Morgan fingerprint density at radius 3 is 2.28 bits per heavy atom. The van der Waals surface area contributed by atoms with Gasteiger partial charge in [0.1, 0.15) is 0 Å². The lowest BCUT2D eigenvalue weighted by Crippen LogP contribution is -2.05. The molecule has 2 rings (SSSR count). The average Bonchev–Trinajstić information content (AvgIpc) is 2.27. The Kier molecular flexibility index (Phi) is 3.11. The summed E-state index contributed by atoms with van der Waals surface area (Å²) in [5.74, 6) is 0. The molecular formula is C14H12F3N. The Morgan fingerprint density at radius 1 is 0.944 bits per heavy atom. The fourth-order valence-electron chi connectivity index (χ4n) is 1.79. The van der Waals surface area contributed by atoms with Gasteiger partial charge in [0.25, 0.3) is 0 Å². The van der Waals surface area contributed by atoms with Gasteiger partial charge in [-0.05, 0) is 55.3 Å². The fourth-order valence-corrected chi connectivity index (χ4v) is 1.79. The number of aromatic nitrogens is 1. The first kappa shape index (κ1) is 12.6. The van der Waals surface area contributed by atoms with Gasteiger partial charge in [0.15, 0.2) is 0 Å². The molecule has 0 aliphatic rings. The van der Waals surface area contributed by atoms with Gasteiger partial charge < -0.3 is 0 Å². The topological polar surface area (TPSA) is 12.9 Å². The zero-order chi connectivity index (χ0) is 13.3. The molecule has 0 saturated carbocycles. The highest BCUT2D eigenvalue weighted by Crippen LogP contribution is 2.32. The number of benzene rings is 1. The second kappa shape index (κ2) is 4.44. The Bertz CT molecular complexity index is 573. The van der Waals surface area contributed by atoms with Crippen LogP contribution < -0.4 is 0 Å². The molecule has 0 atom stereocenters. The van der Waals surface area contributed by atoms with Gasteiger partial charge in [-0.3, -0.25) is 4.98 Å². The van der Waals surface area contributed by atoms with E-state index in [2.05, 4.69) is 4.98 Å². The van der Waals surface area contributed by atoms with E-state index in [1.165, 1.54) is 0 Å². The van der Waals surface area contributed by atoms with Crippen LogP contribution in [0.5, 0.6) is 0 Å². The lowest BCUT2D eigenvalue weighted by Gasteiger charge is -2.10. The SMILES string of the molecule is Cc1cc(-c2cc(C)ccn2)cc(C(F)(F)F)c1. The zero-order valence-corrected chi connectivity index (χ0v) is 10.0. The summed E-state index contributed by atoms with van der Waals surface area (Å²) in [6.45, 7) is 3.53. The molecule has 0 aliphatic carbocycles. The quantitative estimate of drug-likeness (QED) is 0.732. The van der Waals surface area contributed by atoms with Crippen LogP contribution in [0.15, 0.2) is 36.5 Å². The molecule has 0 radical (unpaired) electrons. The van der Waals surface area contributed by atoms with Crippen LogP contribution in [0.4, 0.5) is 13.2 Å². The third-order valence-corrected chi connectivity index (χ3v) is 2.62. The molecule has 1 heterocycles. The first-order valence-corrected chi connectivity index (χ1v) is 5.48. The van der Waals surface area contributed by atoms with E-state index in [0.29, 0.717) is 16.8 Å². The number of pyridine rings is 1. The van der Waals surface area contributed by atoms with Gasteiger partial charge in [0.2, 0.25) is 0 Å². The summed E-state index contributed by atoms with van der Waals surface area (Å²) in [5.41, 5.74) is 1.95. The van der Waals surface area contributed by atoms with Crippen LogP contribution in [0.2, 0.25) is 0 Å². The first-order chi connectivity index (χ1) is 8.36. The van der Waals surface area contributed by atoms with Crippen molar-refractivity contribution in [3.63, 3.8) is 0 Å². The average molecular weight is 251 g/mol. The van der Waals surface area contributed by atoms with Crippen LogP contribution in [0.3, 0.4) is 0 Å². The van der Waals surface area contributed by atoms with Gasteiger partial charge >= 0.3 is 6.18 Å². The van der Waals surface area contributed by atoms with Crippen molar-refractivity contribution >= 4 is 0 Å². The van der Waals surface area contributed by atoms with Crippen molar-refractivity contribution in [3.8, 4) is 11.3 Å². The smallest absolute Gasteiger partial charge is 0.256 e. The van der Waals surface area contributed by atoms with Crippen LogP contribution >= 0.6 is 0 Å². The third-order valence-electron chi connectivity index (χ3n) is 2.62. The van der Waals surface area contributed by atoms with E-state index in [-0.39, 0.29) is 0 Å². The second-order valence-electron chi connectivity index (χ2n) is 4.30. The monoisotopic (exact) mass is 251 g/mol. The van der Waals surface area contributed by atoms with Gasteiger partial charge in [0.05, 0.1) is 11.3 Å². The summed E-state index contributed by atoms with van der Waals surface area (Å²) in [7, 11) is 0. The molecule has 2 aromatic rings. The minimum atomic E-state index is -4.33. The summed E-state index contributed by atoms with van der Waals surface area (Å²) < 4.78 is 38.2. The third kappa shape index (κ3) is 2.70. The van der Waals surface area contributed by atoms with Crippen LogP contribution in [0, 0.1) is 13.8 Å². The van der Waals surface area contributed by atoms with Crippen molar-refractivity contribution in [3.05, 3.63) is 53.2 Å². The summed E-state index contributed by atoms with van der Waals surface area (Å²) in [6.07, 6.45) is -2.73. The van der Waals surface area contributed by atoms with E-state index in [1.54, 1.807) is 25.3 Å². The predicted octanol–water partition coefficient (Wildman–Crippen LogP) is 4.38. The first-order valence-electron chi connectivity index (χ1n) is 5.48. The Balaban J connectivity index is 2.55. The number of hydrogen-bond acceptors (Lipinski definition) is 1. The summed E-state index contributed by atoms with van der Waals surface area (Å²) in [6, 6.07) is 7.56. The van der Waals surface area contributed by atoms with Crippen LogP contribution in [-0.4, -0.2) is 4.98 Å². The van der Waals surface area contributed by atoms with Crippen LogP contribution in [-0.2, 0) is 6.18 Å². The van der Waals surface area contributed by atoms with E-state index in [9.17, 15) is 13.2 Å². The molecule has 1 aromatic heterocycles. The molecule has 0 N–H and O–H groups in total. The maximum absolute atomic E-state index is 12.7. The number of nitrogens with zero attached hydrogens (tertiary/aromatic N) is 1. The molecule has 0 amide bonds. The van der Waals surface area contributed by atoms with E-state index in [1.807, 2.05) is 13.0 Å². The number of aryl methyl sites for hydroxylation is 2. The molecule has 1 nitrogen and oxygen atoms in total. The van der Waals surface area contributed by atoms with E-state index in [4.69, 9.17) is 0 Å². The fraction of sp³-hybridized carbons (Fsp3) is 0.214. The molecular weight excluding hydrogens is 239 g/mol. The van der Waals surface area contributed by atoms with Crippen molar-refractivity contribution < 1.29 is 13.2 Å². The molecule has 0 unspecified atom stereocenters. The highest BCUT2D eigenvalue weighted by molar-refractivity contribution is 5.62. The number of rotatable bonds is 1. The summed E-state index contributed by atoms with van der Waals surface area (Å²) >= 11 is 0. The number of alkyl halides is 3. The summed E-state index contributed by atoms with van der Waals surface area (Å²) in [5, 5.41) is 0. The van der Waals surface area contributed by atoms with Crippen molar-refractivity contribution in [1.82, 2.24) is 4.98 Å².